The van der Waals surface area contributed by atoms with Gasteiger partial charge in [0.15, 0.2) is 22.1 Å². The number of carbonyl (C=O) groups is 1. The molecule has 0 saturated heterocycles. The van der Waals surface area contributed by atoms with Crippen LogP contribution in [0.15, 0.2) is 75.7 Å². The maximum atomic E-state index is 12.6. The lowest BCUT2D eigenvalue weighted by atomic mass is 10.1. The number of aryl methyl sites for hydroxylation is 2. The molecule has 0 spiro atoms. The Morgan fingerprint density at radius 1 is 0.971 bits per heavy atom. The number of nitrogens with zero attached hydrogens (tertiary/aromatic N) is 2. The first-order valence-electron chi connectivity index (χ1n) is 10.7. The van der Waals surface area contributed by atoms with Crippen molar-refractivity contribution in [2.45, 2.75) is 13.8 Å². The molecule has 0 aliphatic rings. The van der Waals surface area contributed by atoms with Crippen LogP contribution in [0.1, 0.15) is 21.7 Å². The summed E-state index contributed by atoms with van der Waals surface area (Å²) in [5.74, 6) is 0.696. The van der Waals surface area contributed by atoms with Crippen molar-refractivity contribution in [3.05, 3.63) is 88.8 Å². The second kappa shape index (κ2) is 9.32. The molecule has 0 aliphatic carbocycles. The molecule has 0 saturated carbocycles. The quantitative estimate of drug-likeness (QED) is 0.269. The fraction of sp³-hybridized carbons (Fsp3) is 0.0769. The fourth-order valence-corrected chi connectivity index (χ4v) is 3.89. The van der Waals surface area contributed by atoms with Crippen molar-refractivity contribution in [1.82, 2.24) is 15.3 Å². The van der Waals surface area contributed by atoms with Gasteiger partial charge in [0.25, 0.3) is 5.91 Å². The van der Waals surface area contributed by atoms with Gasteiger partial charge in [-0.25, -0.2) is 4.98 Å². The highest BCUT2D eigenvalue weighted by Crippen LogP contribution is 2.28. The Bertz CT molecular complexity index is 1560. The van der Waals surface area contributed by atoms with Crippen LogP contribution >= 0.6 is 23.8 Å². The number of fused-ring (bicyclic) bond motifs is 1. The van der Waals surface area contributed by atoms with Gasteiger partial charge in [-0.3, -0.25) is 10.1 Å². The molecule has 5 rings (SSSR count). The highest BCUT2D eigenvalue weighted by molar-refractivity contribution is 7.80. The summed E-state index contributed by atoms with van der Waals surface area (Å²) in [6, 6.07) is 18.1. The summed E-state index contributed by atoms with van der Waals surface area (Å²) in [5.41, 5.74) is 5.36. The zero-order valence-corrected chi connectivity index (χ0v) is 20.3. The van der Waals surface area contributed by atoms with Gasteiger partial charge in [-0.1, -0.05) is 23.7 Å². The number of pyridine rings is 1. The average molecular weight is 503 g/mol. The molecule has 5 aromatic rings. The van der Waals surface area contributed by atoms with Crippen LogP contribution in [0.2, 0.25) is 5.02 Å². The molecule has 0 unspecified atom stereocenters. The summed E-state index contributed by atoms with van der Waals surface area (Å²) in [5, 5.41) is 6.46. The number of furan rings is 1. The predicted octanol–water partition coefficient (Wildman–Crippen LogP) is 6.55. The summed E-state index contributed by atoms with van der Waals surface area (Å²) < 4.78 is 11.5. The summed E-state index contributed by atoms with van der Waals surface area (Å²) >= 11 is 11.5. The van der Waals surface area contributed by atoms with Crippen molar-refractivity contribution in [3.63, 3.8) is 0 Å². The predicted molar refractivity (Wildman–Crippen MR) is 140 cm³/mol. The lowest BCUT2D eigenvalue weighted by Gasteiger charge is -2.11. The first-order valence-corrected chi connectivity index (χ1v) is 11.5. The number of hydrogen-bond donors (Lipinski definition) is 2. The van der Waals surface area contributed by atoms with E-state index in [-0.39, 0.29) is 10.9 Å². The largest absolute Gasteiger partial charge is 0.451 e. The molecule has 0 bridgehead atoms. The van der Waals surface area contributed by atoms with Crippen molar-refractivity contribution < 1.29 is 13.6 Å². The fourth-order valence-electron chi connectivity index (χ4n) is 3.51. The van der Waals surface area contributed by atoms with Gasteiger partial charge in [0.1, 0.15) is 5.76 Å². The van der Waals surface area contributed by atoms with Gasteiger partial charge >= 0.3 is 0 Å². The van der Waals surface area contributed by atoms with Crippen LogP contribution in [-0.2, 0) is 0 Å². The molecule has 3 heterocycles. The maximum absolute atomic E-state index is 12.6. The minimum atomic E-state index is -0.458. The third-order valence-electron chi connectivity index (χ3n) is 5.40. The van der Waals surface area contributed by atoms with E-state index in [2.05, 4.69) is 20.6 Å². The molecule has 0 radical (unpaired) electrons. The SMILES string of the molecule is Cc1ccc(-c2ccc(C(=O)NC(=S)Nc3ccc(-c4nc5ncccc5o4)cc3C)o2)cc1Cl. The van der Waals surface area contributed by atoms with Crippen LogP contribution in [-0.4, -0.2) is 21.0 Å². The molecule has 2 N–H and O–H groups in total. The van der Waals surface area contributed by atoms with E-state index < -0.39 is 5.91 Å². The van der Waals surface area contributed by atoms with Crippen molar-refractivity contribution in [1.29, 1.82) is 0 Å². The number of halogens is 1. The number of rotatable bonds is 4. The Balaban J connectivity index is 1.25. The van der Waals surface area contributed by atoms with Gasteiger partial charge in [0, 0.05) is 28.0 Å². The molecule has 0 fully saturated rings. The van der Waals surface area contributed by atoms with Crippen LogP contribution in [0.3, 0.4) is 0 Å². The van der Waals surface area contributed by atoms with Gasteiger partial charge in [0.2, 0.25) is 5.89 Å². The van der Waals surface area contributed by atoms with E-state index in [1.807, 2.05) is 50.2 Å². The van der Waals surface area contributed by atoms with Crippen molar-refractivity contribution in [2.24, 2.45) is 0 Å². The molecule has 174 valence electrons. The lowest BCUT2D eigenvalue weighted by Crippen LogP contribution is -2.34. The molecular formula is C26H19ClN4O3S. The Hall–Kier alpha value is -4.01. The molecule has 0 atom stereocenters. The number of anilines is 1. The summed E-state index contributed by atoms with van der Waals surface area (Å²) in [7, 11) is 0. The number of amides is 1. The van der Waals surface area contributed by atoms with Crippen molar-refractivity contribution in [2.75, 3.05) is 5.32 Å². The highest BCUT2D eigenvalue weighted by atomic mass is 35.5. The number of hydrogen-bond acceptors (Lipinski definition) is 6. The number of carbonyl (C=O) groups excluding carboxylic acids is 1. The van der Waals surface area contributed by atoms with Crippen LogP contribution in [0.25, 0.3) is 34.0 Å². The third-order valence-corrected chi connectivity index (χ3v) is 6.01. The van der Waals surface area contributed by atoms with Crippen LogP contribution in [0, 0.1) is 13.8 Å². The standard InChI is InChI=1S/C26H19ClN4O3S/c1-14-5-6-16(13-18(14)27)20-9-10-22(33-20)24(32)31-26(35)29-19-8-7-17(12-15(19)2)25-30-23-21(34-25)4-3-11-28-23/h3-13H,1-2H3,(H2,29,31,32,35). The van der Waals surface area contributed by atoms with E-state index in [1.54, 1.807) is 30.5 Å². The van der Waals surface area contributed by atoms with E-state index in [9.17, 15) is 4.79 Å². The molecule has 35 heavy (non-hydrogen) atoms. The normalized spacial score (nSPS) is 10.9. The Morgan fingerprint density at radius 3 is 2.57 bits per heavy atom. The van der Waals surface area contributed by atoms with Gasteiger partial charge in [-0.15, -0.1) is 0 Å². The smallest absolute Gasteiger partial charge is 0.293 e. The van der Waals surface area contributed by atoms with E-state index in [0.29, 0.717) is 27.9 Å². The number of nitrogens with one attached hydrogen (secondary N) is 2. The number of thiocarbonyl (C=S) groups is 1. The summed E-state index contributed by atoms with van der Waals surface area (Å²) in [4.78, 5) is 21.3. The first-order chi connectivity index (χ1) is 16.9. The Kier molecular flexibility index (Phi) is 6.07. The van der Waals surface area contributed by atoms with Gasteiger partial charge in [-0.05, 0) is 85.7 Å². The molecule has 3 aromatic heterocycles. The monoisotopic (exact) mass is 502 g/mol. The minimum absolute atomic E-state index is 0.137. The van der Waals surface area contributed by atoms with Crippen LogP contribution in [0.4, 0.5) is 5.69 Å². The van der Waals surface area contributed by atoms with Crippen molar-refractivity contribution in [3.8, 4) is 22.8 Å². The summed E-state index contributed by atoms with van der Waals surface area (Å²) in [6.07, 6.45) is 1.67. The molecular weight excluding hydrogens is 484 g/mol. The molecule has 0 aliphatic heterocycles. The average Bonchev–Trinajstić information content (AvgIpc) is 3.50. The number of oxazole rings is 1. The third kappa shape index (κ3) is 4.80. The van der Waals surface area contributed by atoms with Crippen molar-refractivity contribution >= 4 is 51.8 Å². The van der Waals surface area contributed by atoms with E-state index >= 15 is 0 Å². The lowest BCUT2D eigenvalue weighted by molar-refractivity contribution is 0.0951. The second-order valence-electron chi connectivity index (χ2n) is 7.91. The Labute approximate surface area is 211 Å². The molecule has 9 heteroatoms. The van der Waals surface area contributed by atoms with Gasteiger partial charge in [0.05, 0.1) is 0 Å². The van der Waals surface area contributed by atoms with E-state index in [0.717, 1.165) is 27.9 Å². The first kappa shape index (κ1) is 22.8. The van der Waals surface area contributed by atoms with E-state index in [1.165, 1.54) is 0 Å². The number of aromatic nitrogens is 2. The maximum Gasteiger partial charge on any atom is 0.293 e. The van der Waals surface area contributed by atoms with Crippen LogP contribution in [0.5, 0.6) is 0 Å². The minimum Gasteiger partial charge on any atom is -0.451 e. The zero-order chi connectivity index (χ0) is 24.5. The number of benzene rings is 2. The molecule has 1 amide bonds. The summed E-state index contributed by atoms with van der Waals surface area (Å²) in [6.45, 7) is 3.84. The van der Waals surface area contributed by atoms with Gasteiger partial charge < -0.3 is 14.2 Å². The molecule has 2 aromatic carbocycles. The molecule has 7 nitrogen and oxygen atoms in total. The van der Waals surface area contributed by atoms with E-state index in [4.69, 9.17) is 32.7 Å². The zero-order valence-electron chi connectivity index (χ0n) is 18.8. The van der Waals surface area contributed by atoms with Gasteiger partial charge in [-0.2, -0.15) is 4.98 Å². The second-order valence-corrected chi connectivity index (χ2v) is 8.73. The van der Waals surface area contributed by atoms with Crippen LogP contribution < -0.4 is 10.6 Å². The Morgan fingerprint density at radius 2 is 1.80 bits per heavy atom. The topological polar surface area (TPSA) is 93.2 Å². The highest BCUT2D eigenvalue weighted by Gasteiger charge is 2.15.